The van der Waals surface area contributed by atoms with Crippen LogP contribution in [0, 0.1) is 5.92 Å². The number of hydrogen-bond donors (Lipinski definition) is 1. The lowest BCUT2D eigenvalue weighted by Gasteiger charge is -2.17. The van der Waals surface area contributed by atoms with E-state index in [0.717, 1.165) is 13.0 Å². The van der Waals surface area contributed by atoms with E-state index >= 15 is 0 Å². The van der Waals surface area contributed by atoms with Crippen molar-refractivity contribution in [2.24, 2.45) is 5.92 Å². The molecule has 1 aliphatic rings. The Bertz CT molecular complexity index is 628. The van der Waals surface area contributed by atoms with Gasteiger partial charge in [0.15, 0.2) is 5.78 Å². The van der Waals surface area contributed by atoms with Crippen LogP contribution in [0.2, 0.25) is 0 Å². The van der Waals surface area contributed by atoms with Gasteiger partial charge < -0.3 is 15.1 Å². The van der Waals surface area contributed by atoms with Crippen LogP contribution in [0.25, 0.3) is 0 Å². The number of nitrogens with one attached hydrogen (secondary N) is 1. The van der Waals surface area contributed by atoms with E-state index in [2.05, 4.69) is 10.2 Å². The van der Waals surface area contributed by atoms with Crippen molar-refractivity contribution in [2.45, 2.75) is 19.8 Å². The maximum atomic E-state index is 12.2. The summed E-state index contributed by atoms with van der Waals surface area (Å²) in [6.07, 6.45) is 1.09. The van der Waals surface area contributed by atoms with Gasteiger partial charge in [0.2, 0.25) is 11.8 Å². The molecule has 1 heterocycles. The van der Waals surface area contributed by atoms with Crippen LogP contribution in [0.1, 0.15) is 30.1 Å². The Morgan fingerprint density at radius 2 is 2.08 bits per heavy atom. The number of hydrogen-bond acceptors (Lipinski definition) is 4. The van der Waals surface area contributed by atoms with E-state index in [0.29, 0.717) is 24.3 Å². The zero-order chi connectivity index (χ0) is 17.7. The second-order valence-corrected chi connectivity index (χ2v) is 6.46. The van der Waals surface area contributed by atoms with Gasteiger partial charge >= 0.3 is 0 Å². The summed E-state index contributed by atoms with van der Waals surface area (Å²) in [5.74, 6) is -0.534. The maximum Gasteiger partial charge on any atom is 0.227 e. The number of benzene rings is 1. The Morgan fingerprint density at radius 1 is 1.33 bits per heavy atom. The number of carbonyl (C=O) groups excluding carboxylic acids is 3. The van der Waals surface area contributed by atoms with E-state index in [-0.39, 0.29) is 29.9 Å². The molecule has 1 fully saturated rings. The van der Waals surface area contributed by atoms with Crippen molar-refractivity contribution >= 4 is 23.3 Å². The molecule has 1 unspecified atom stereocenters. The molecule has 2 amide bonds. The highest BCUT2D eigenvalue weighted by Crippen LogP contribution is 2.26. The van der Waals surface area contributed by atoms with Gasteiger partial charge in [-0.05, 0) is 46.1 Å². The molecule has 1 atom stereocenters. The molecule has 2 rings (SSSR count). The van der Waals surface area contributed by atoms with Gasteiger partial charge in [0, 0.05) is 30.8 Å². The van der Waals surface area contributed by atoms with Crippen molar-refractivity contribution in [1.29, 1.82) is 0 Å². The average Bonchev–Trinajstić information content (AvgIpc) is 2.93. The van der Waals surface area contributed by atoms with Gasteiger partial charge in [0.1, 0.15) is 0 Å². The van der Waals surface area contributed by atoms with Gasteiger partial charge in [-0.1, -0.05) is 12.1 Å². The highest BCUT2D eigenvalue weighted by molar-refractivity contribution is 6.02. The van der Waals surface area contributed by atoms with Crippen LogP contribution in [0.15, 0.2) is 24.3 Å². The van der Waals surface area contributed by atoms with E-state index < -0.39 is 0 Å². The summed E-state index contributed by atoms with van der Waals surface area (Å²) < 4.78 is 0. The highest BCUT2D eigenvalue weighted by Gasteiger charge is 2.35. The molecule has 6 heteroatoms. The molecule has 24 heavy (non-hydrogen) atoms. The molecule has 6 nitrogen and oxygen atoms in total. The molecule has 1 aliphatic heterocycles. The van der Waals surface area contributed by atoms with E-state index in [1.807, 2.05) is 14.1 Å². The first-order chi connectivity index (χ1) is 11.4. The van der Waals surface area contributed by atoms with Crippen LogP contribution < -0.4 is 10.2 Å². The fourth-order valence-corrected chi connectivity index (χ4v) is 2.78. The van der Waals surface area contributed by atoms with Crippen molar-refractivity contribution in [3.8, 4) is 0 Å². The SMILES string of the molecule is CC(=O)c1cccc(N2CC(C(=O)NCCCN(C)C)CC2=O)c1. The smallest absolute Gasteiger partial charge is 0.227 e. The second kappa shape index (κ2) is 8.06. The Hall–Kier alpha value is -2.21. The number of nitrogens with zero attached hydrogens (tertiary/aromatic N) is 2. The number of amides is 2. The van der Waals surface area contributed by atoms with Gasteiger partial charge in [-0.2, -0.15) is 0 Å². The van der Waals surface area contributed by atoms with Crippen molar-refractivity contribution in [3.63, 3.8) is 0 Å². The summed E-state index contributed by atoms with van der Waals surface area (Å²) in [5.41, 5.74) is 1.24. The van der Waals surface area contributed by atoms with E-state index in [1.54, 1.807) is 29.2 Å². The Balaban J connectivity index is 1.94. The van der Waals surface area contributed by atoms with E-state index in [4.69, 9.17) is 0 Å². The molecule has 1 aromatic carbocycles. The maximum absolute atomic E-state index is 12.2. The van der Waals surface area contributed by atoms with Crippen molar-refractivity contribution < 1.29 is 14.4 Å². The Labute approximate surface area is 142 Å². The molecule has 0 spiro atoms. The lowest BCUT2D eigenvalue weighted by atomic mass is 10.1. The molecule has 0 bridgehead atoms. The van der Waals surface area contributed by atoms with Crippen LogP contribution in [-0.4, -0.2) is 56.2 Å². The molecule has 0 radical (unpaired) electrons. The van der Waals surface area contributed by atoms with Crippen LogP contribution >= 0.6 is 0 Å². The monoisotopic (exact) mass is 331 g/mol. The molecule has 130 valence electrons. The van der Waals surface area contributed by atoms with Crippen LogP contribution in [-0.2, 0) is 9.59 Å². The minimum Gasteiger partial charge on any atom is -0.356 e. The Morgan fingerprint density at radius 3 is 2.75 bits per heavy atom. The third-order valence-corrected chi connectivity index (χ3v) is 4.14. The lowest BCUT2D eigenvalue weighted by Crippen LogP contribution is -2.34. The fourth-order valence-electron chi connectivity index (χ4n) is 2.78. The van der Waals surface area contributed by atoms with Gasteiger partial charge in [-0.3, -0.25) is 14.4 Å². The van der Waals surface area contributed by atoms with Gasteiger partial charge in [-0.25, -0.2) is 0 Å². The summed E-state index contributed by atoms with van der Waals surface area (Å²) in [5, 5.41) is 2.90. The lowest BCUT2D eigenvalue weighted by molar-refractivity contribution is -0.126. The number of Topliss-reactive ketones (excluding diaryl/α,β-unsaturated/α-hetero) is 1. The fraction of sp³-hybridized carbons (Fsp3) is 0.500. The van der Waals surface area contributed by atoms with E-state index in [1.165, 1.54) is 6.92 Å². The number of ketones is 1. The minimum absolute atomic E-state index is 0.0429. The molecular weight excluding hydrogens is 306 g/mol. The first kappa shape index (κ1) is 18.1. The van der Waals surface area contributed by atoms with Gasteiger partial charge in [0.05, 0.1) is 5.92 Å². The zero-order valence-corrected chi connectivity index (χ0v) is 14.5. The summed E-state index contributed by atoms with van der Waals surface area (Å²) in [4.78, 5) is 39.6. The largest absolute Gasteiger partial charge is 0.356 e. The first-order valence-electron chi connectivity index (χ1n) is 8.22. The summed E-state index contributed by atoms with van der Waals surface area (Å²) >= 11 is 0. The van der Waals surface area contributed by atoms with Crippen molar-refractivity contribution in [3.05, 3.63) is 29.8 Å². The summed E-state index contributed by atoms with van der Waals surface area (Å²) in [6, 6.07) is 6.98. The molecule has 1 aromatic rings. The zero-order valence-electron chi connectivity index (χ0n) is 14.5. The van der Waals surface area contributed by atoms with Crippen LogP contribution in [0.3, 0.4) is 0 Å². The van der Waals surface area contributed by atoms with Crippen LogP contribution in [0.4, 0.5) is 5.69 Å². The predicted octanol–water partition coefficient (Wildman–Crippen LogP) is 1.31. The van der Waals surface area contributed by atoms with Gasteiger partial charge in [-0.15, -0.1) is 0 Å². The van der Waals surface area contributed by atoms with E-state index in [9.17, 15) is 14.4 Å². The topological polar surface area (TPSA) is 69.7 Å². The third-order valence-electron chi connectivity index (χ3n) is 4.14. The van der Waals surface area contributed by atoms with Crippen molar-refractivity contribution in [1.82, 2.24) is 10.2 Å². The van der Waals surface area contributed by atoms with Crippen molar-refractivity contribution in [2.75, 3.05) is 38.6 Å². The first-order valence-corrected chi connectivity index (χ1v) is 8.22. The molecule has 1 N–H and O–H groups in total. The molecule has 0 aliphatic carbocycles. The summed E-state index contributed by atoms with van der Waals surface area (Å²) in [7, 11) is 3.98. The second-order valence-electron chi connectivity index (χ2n) is 6.46. The predicted molar refractivity (Wildman–Crippen MR) is 93.1 cm³/mol. The molecule has 0 aromatic heterocycles. The molecular formula is C18H25N3O3. The van der Waals surface area contributed by atoms with Crippen LogP contribution in [0.5, 0.6) is 0 Å². The normalized spacial score (nSPS) is 17.4. The average molecular weight is 331 g/mol. The standard InChI is InChI=1S/C18H25N3O3/c1-13(22)14-6-4-7-16(10-14)21-12-15(11-17(21)23)18(24)19-8-5-9-20(2)3/h4,6-7,10,15H,5,8-9,11-12H2,1-3H3,(H,19,24). The molecule has 1 saturated heterocycles. The highest BCUT2D eigenvalue weighted by atomic mass is 16.2. The van der Waals surface area contributed by atoms with Gasteiger partial charge in [0.25, 0.3) is 0 Å². The summed E-state index contributed by atoms with van der Waals surface area (Å²) in [6.45, 7) is 3.38. The third kappa shape index (κ3) is 4.64. The number of carbonyl (C=O) groups is 3. The minimum atomic E-state index is -0.335. The quantitative estimate of drug-likeness (QED) is 0.604. The number of rotatable bonds is 7. The molecule has 0 saturated carbocycles. The Kier molecular flexibility index (Phi) is 6.09. The number of anilines is 1.